The molecule has 0 bridgehead atoms. The molecule has 26 heavy (non-hydrogen) atoms. The molecule has 0 saturated carbocycles. The SMILES string of the molecule is CC1SC(=O)NN=C1c1ccc2c(c1)C(=NNc1cccnc1)C(=O)N2. The molecule has 3 heterocycles. The van der Waals surface area contributed by atoms with Gasteiger partial charge in [0.15, 0.2) is 5.71 Å². The number of benzene rings is 1. The molecule has 1 aromatic carbocycles. The lowest BCUT2D eigenvalue weighted by Gasteiger charge is -2.18. The summed E-state index contributed by atoms with van der Waals surface area (Å²) in [6.45, 7) is 1.91. The Morgan fingerprint density at radius 3 is 2.92 bits per heavy atom. The first-order chi connectivity index (χ1) is 12.6. The van der Waals surface area contributed by atoms with Crippen molar-refractivity contribution in [3.05, 3.63) is 53.9 Å². The fraction of sp³-hybridized carbons (Fsp3) is 0.118. The first-order valence-corrected chi connectivity index (χ1v) is 8.74. The van der Waals surface area contributed by atoms with Crippen LogP contribution < -0.4 is 16.2 Å². The molecule has 9 heteroatoms. The first-order valence-electron chi connectivity index (χ1n) is 7.86. The van der Waals surface area contributed by atoms with E-state index >= 15 is 0 Å². The number of thioether (sulfide) groups is 1. The van der Waals surface area contributed by atoms with Gasteiger partial charge < -0.3 is 5.32 Å². The molecule has 0 saturated heterocycles. The number of hydrazone groups is 2. The second-order valence-electron chi connectivity index (χ2n) is 5.68. The van der Waals surface area contributed by atoms with Crippen molar-refractivity contribution < 1.29 is 9.59 Å². The van der Waals surface area contributed by atoms with Crippen molar-refractivity contribution in [2.24, 2.45) is 10.2 Å². The van der Waals surface area contributed by atoms with Gasteiger partial charge in [0.1, 0.15) is 0 Å². The van der Waals surface area contributed by atoms with Gasteiger partial charge in [-0.05, 0) is 36.8 Å². The highest BCUT2D eigenvalue weighted by Gasteiger charge is 2.29. The quantitative estimate of drug-likeness (QED) is 0.723. The van der Waals surface area contributed by atoms with Crippen LogP contribution in [0.5, 0.6) is 0 Å². The van der Waals surface area contributed by atoms with Gasteiger partial charge in [-0.3, -0.25) is 20.0 Å². The summed E-state index contributed by atoms with van der Waals surface area (Å²) in [5, 5.41) is 10.9. The van der Waals surface area contributed by atoms with E-state index in [4.69, 9.17) is 0 Å². The zero-order valence-corrected chi connectivity index (χ0v) is 14.5. The largest absolute Gasteiger partial charge is 0.320 e. The van der Waals surface area contributed by atoms with Crippen LogP contribution >= 0.6 is 11.8 Å². The number of carbonyl (C=O) groups excluding carboxylic acids is 2. The Morgan fingerprint density at radius 2 is 2.15 bits per heavy atom. The minimum atomic E-state index is -0.283. The highest BCUT2D eigenvalue weighted by Crippen LogP contribution is 2.28. The zero-order chi connectivity index (χ0) is 18.1. The predicted octanol–water partition coefficient (Wildman–Crippen LogP) is 2.40. The molecule has 4 rings (SSSR count). The molecule has 2 aromatic rings. The van der Waals surface area contributed by atoms with Crippen LogP contribution in [-0.4, -0.2) is 32.8 Å². The fourth-order valence-corrected chi connectivity index (χ4v) is 3.43. The maximum absolute atomic E-state index is 12.3. The second kappa shape index (κ2) is 6.60. The zero-order valence-electron chi connectivity index (χ0n) is 13.7. The number of pyridine rings is 1. The van der Waals surface area contributed by atoms with Crippen LogP contribution in [0.4, 0.5) is 16.2 Å². The molecule has 2 aliphatic rings. The Bertz CT molecular complexity index is 957. The molecule has 0 spiro atoms. The highest BCUT2D eigenvalue weighted by atomic mass is 32.2. The molecule has 130 valence electrons. The number of hydrogen-bond acceptors (Lipinski definition) is 7. The minimum Gasteiger partial charge on any atom is -0.320 e. The summed E-state index contributed by atoms with van der Waals surface area (Å²) in [5.74, 6) is -0.283. The van der Waals surface area contributed by atoms with E-state index in [-0.39, 0.29) is 22.1 Å². The first kappa shape index (κ1) is 16.3. The van der Waals surface area contributed by atoms with Crippen LogP contribution in [0.25, 0.3) is 0 Å². The molecule has 1 atom stereocenters. The number of rotatable bonds is 3. The number of fused-ring (bicyclic) bond motifs is 1. The molecule has 2 aliphatic heterocycles. The Hall–Kier alpha value is -3.20. The third-order valence-electron chi connectivity index (χ3n) is 3.93. The summed E-state index contributed by atoms with van der Waals surface area (Å²) in [7, 11) is 0. The van der Waals surface area contributed by atoms with Crippen molar-refractivity contribution in [2.75, 3.05) is 10.7 Å². The predicted molar refractivity (Wildman–Crippen MR) is 102 cm³/mol. The molecule has 1 aromatic heterocycles. The van der Waals surface area contributed by atoms with Gasteiger partial charge in [-0.1, -0.05) is 17.8 Å². The van der Waals surface area contributed by atoms with Crippen LogP contribution in [0.1, 0.15) is 18.1 Å². The van der Waals surface area contributed by atoms with Crippen molar-refractivity contribution in [1.82, 2.24) is 10.4 Å². The van der Waals surface area contributed by atoms with Gasteiger partial charge in [0.25, 0.3) is 11.1 Å². The lowest BCUT2D eigenvalue weighted by molar-refractivity contribution is -0.110. The second-order valence-corrected chi connectivity index (χ2v) is 7.00. The van der Waals surface area contributed by atoms with Crippen LogP contribution in [-0.2, 0) is 4.79 Å². The summed E-state index contributed by atoms with van der Waals surface area (Å²) < 4.78 is 0. The van der Waals surface area contributed by atoms with E-state index in [2.05, 4.69) is 31.4 Å². The van der Waals surface area contributed by atoms with Crippen molar-refractivity contribution in [2.45, 2.75) is 12.2 Å². The third-order valence-corrected chi connectivity index (χ3v) is 4.81. The van der Waals surface area contributed by atoms with Crippen molar-refractivity contribution in [1.29, 1.82) is 0 Å². The summed E-state index contributed by atoms with van der Waals surface area (Å²) in [6, 6.07) is 9.11. The number of nitrogens with one attached hydrogen (secondary N) is 3. The van der Waals surface area contributed by atoms with E-state index in [1.165, 1.54) is 11.8 Å². The van der Waals surface area contributed by atoms with Crippen LogP contribution in [0.15, 0.2) is 52.9 Å². The number of nitrogens with zero attached hydrogens (tertiary/aromatic N) is 3. The van der Waals surface area contributed by atoms with Crippen molar-refractivity contribution >= 4 is 45.7 Å². The van der Waals surface area contributed by atoms with Gasteiger partial charge >= 0.3 is 0 Å². The maximum atomic E-state index is 12.3. The van der Waals surface area contributed by atoms with Crippen LogP contribution in [0, 0.1) is 0 Å². The molecule has 0 fully saturated rings. The monoisotopic (exact) mass is 366 g/mol. The van der Waals surface area contributed by atoms with Crippen LogP contribution in [0.3, 0.4) is 0 Å². The number of anilines is 2. The van der Waals surface area contributed by atoms with E-state index in [1.54, 1.807) is 24.5 Å². The Morgan fingerprint density at radius 1 is 1.27 bits per heavy atom. The molecule has 1 unspecified atom stereocenters. The Balaban J connectivity index is 1.67. The number of hydrogen-bond donors (Lipinski definition) is 3. The summed E-state index contributed by atoms with van der Waals surface area (Å²) in [4.78, 5) is 27.7. The highest BCUT2D eigenvalue weighted by molar-refractivity contribution is 8.14. The summed E-state index contributed by atoms with van der Waals surface area (Å²) in [5.41, 5.74) is 9.23. The van der Waals surface area contributed by atoms with E-state index in [1.807, 2.05) is 25.1 Å². The number of amides is 2. The lowest BCUT2D eigenvalue weighted by atomic mass is 10.0. The molecular weight excluding hydrogens is 352 g/mol. The average Bonchev–Trinajstić information content (AvgIpc) is 2.95. The summed E-state index contributed by atoms with van der Waals surface area (Å²) in [6.07, 6.45) is 3.28. The minimum absolute atomic E-state index is 0.0826. The van der Waals surface area contributed by atoms with E-state index in [0.29, 0.717) is 16.9 Å². The molecule has 0 radical (unpaired) electrons. The van der Waals surface area contributed by atoms with Gasteiger partial charge in [-0.2, -0.15) is 10.2 Å². The smallest absolute Gasteiger partial charge is 0.299 e. The molecular formula is C17H14N6O2S. The van der Waals surface area contributed by atoms with Gasteiger partial charge in [-0.15, -0.1) is 0 Å². The normalized spacial score (nSPS) is 20.3. The maximum Gasteiger partial charge on any atom is 0.299 e. The molecule has 2 amide bonds. The molecule has 0 aliphatic carbocycles. The topological polar surface area (TPSA) is 108 Å². The van der Waals surface area contributed by atoms with Gasteiger partial charge in [-0.25, -0.2) is 5.43 Å². The fourth-order valence-electron chi connectivity index (χ4n) is 2.71. The van der Waals surface area contributed by atoms with Crippen molar-refractivity contribution in [3.8, 4) is 0 Å². The lowest BCUT2D eigenvalue weighted by Crippen LogP contribution is -2.29. The Labute approximate surface area is 153 Å². The molecule has 8 nitrogen and oxygen atoms in total. The molecule has 3 N–H and O–H groups in total. The van der Waals surface area contributed by atoms with Gasteiger partial charge in [0, 0.05) is 11.8 Å². The standard InChI is InChI=1S/C17H14N6O2S/c1-9-14(21-23-17(25)26-9)10-4-5-13-12(7-10)15(16(24)19-13)22-20-11-3-2-6-18-8-11/h2-9,20H,1H3,(H,23,25)(H,19,22,24). The van der Waals surface area contributed by atoms with Crippen molar-refractivity contribution in [3.63, 3.8) is 0 Å². The number of carbonyl (C=O) groups is 2. The van der Waals surface area contributed by atoms with Gasteiger partial charge in [0.2, 0.25) is 0 Å². The average molecular weight is 366 g/mol. The van der Waals surface area contributed by atoms with E-state index in [9.17, 15) is 9.59 Å². The number of aromatic nitrogens is 1. The van der Waals surface area contributed by atoms with E-state index in [0.717, 1.165) is 11.3 Å². The Kier molecular flexibility index (Phi) is 4.13. The third kappa shape index (κ3) is 3.04. The van der Waals surface area contributed by atoms with E-state index < -0.39 is 0 Å². The van der Waals surface area contributed by atoms with Gasteiger partial charge in [0.05, 0.1) is 28.5 Å². The van der Waals surface area contributed by atoms with Crippen LogP contribution in [0.2, 0.25) is 0 Å². The summed E-state index contributed by atoms with van der Waals surface area (Å²) >= 11 is 1.17.